The van der Waals surface area contributed by atoms with Gasteiger partial charge in [-0.15, -0.1) is 0 Å². The van der Waals surface area contributed by atoms with Crippen LogP contribution in [-0.2, 0) is 14.3 Å². The molecule has 0 aromatic heterocycles. The van der Waals surface area contributed by atoms with Gasteiger partial charge in [0.15, 0.2) is 0 Å². The summed E-state index contributed by atoms with van der Waals surface area (Å²) in [5, 5.41) is 68.4. The summed E-state index contributed by atoms with van der Waals surface area (Å²) >= 11 is 0. The number of aliphatic hydroxyl groups is 6. The molecule has 0 spiro atoms. The fourth-order valence-corrected chi connectivity index (χ4v) is 3.73. The highest BCUT2D eigenvalue weighted by Gasteiger charge is 2.64. The van der Waals surface area contributed by atoms with Gasteiger partial charge in [-0.2, -0.15) is 0 Å². The zero-order valence-corrected chi connectivity index (χ0v) is 12.6. The van der Waals surface area contributed by atoms with Crippen molar-refractivity contribution in [2.75, 3.05) is 6.61 Å². The van der Waals surface area contributed by atoms with Crippen molar-refractivity contribution in [2.24, 2.45) is 11.8 Å². The van der Waals surface area contributed by atoms with Crippen molar-refractivity contribution >= 4 is 5.97 Å². The third kappa shape index (κ3) is 2.82. The van der Waals surface area contributed by atoms with Gasteiger partial charge < -0.3 is 45.2 Å². The van der Waals surface area contributed by atoms with Gasteiger partial charge in [-0.1, -0.05) is 0 Å². The van der Waals surface area contributed by atoms with Crippen molar-refractivity contribution in [3.63, 3.8) is 0 Å². The van der Waals surface area contributed by atoms with Gasteiger partial charge in [0.2, 0.25) is 0 Å². The number of epoxide rings is 1. The van der Waals surface area contributed by atoms with E-state index in [2.05, 4.69) is 0 Å². The number of carbonyl (C=O) groups is 1. The highest BCUT2D eigenvalue weighted by molar-refractivity contribution is 5.72. The predicted molar refractivity (Wildman–Crippen MR) is 73.7 cm³/mol. The smallest absolute Gasteiger partial charge is 0.312 e. The topological polar surface area (TPSA) is 180 Å². The molecule has 1 saturated heterocycles. The van der Waals surface area contributed by atoms with E-state index in [1.54, 1.807) is 0 Å². The summed E-state index contributed by atoms with van der Waals surface area (Å²) in [7, 11) is 0. The van der Waals surface area contributed by atoms with E-state index < -0.39 is 79.3 Å². The number of carboxylic acid groups (broad SMARTS) is 1. The molecule has 3 aliphatic rings. The summed E-state index contributed by atoms with van der Waals surface area (Å²) in [6.07, 6.45) is -11.4. The molecule has 7 N–H and O–H groups in total. The molecular formula is C14H22O10. The van der Waals surface area contributed by atoms with E-state index >= 15 is 0 Å². The molecule has 11 atom stereocenters. The quantitative estimate of drug-likeness (QED) is 0.247. The Morgan fingerprint density at radius 3 is 2.21 bits per heavy atom. The van der Waals surface area contributed by atoms with Gasteiger partial charge in [0.25, 0.3) is 0 Å². The second kappa shape index (κ2) is 6.46. The summed E-state index contributed by atoms with van der Waals surface area (Å²) in [5.41, 5.74) is 0. The molecule has 11 unspecified atom stereocenters. The number of rotatable bonds is 4. The summed E-state index contributed by atoms with van der Waals surface area (Å²) in [6, 6.07) is 0. The Labute approximate surface area is 136 Å². The lowest BCUT2D eigenvalue weighted by Crippen LogP contribution is -2.60. The Bertz CT molecular complexity index is 484. The molecule has 3 fully saturated rings. The first-order valence-corrected chi connectivity index (χ1v) is 7.82. The lowest BCUT2D eigenvalue weighted by atomic mass is 9.79. The van der Waals surface area contributed by atoms with E-state index in [0.29, 0.717) is 0 Å². The first-order valence-electron chi connectivity index (χ1n) is 7.82. The van der Waals surface area contributed by atoms with Gasteiger partial charge in [-0.25, -0.2) is 0 Å². The second-order valence-electron chi connectivity index (χ2n) is 6.70. The van der Waals surface area contributed by atoms with Crippen LogP contribution in [0.5, 0.6) is 0 Å². The van der Waals surface area contributed by atoms with Crippen LogP contribution < -0.4 is 0 Å². The number of ether oxygens (including phenoxy) is 2. The fourth-order valence-electron chi connectivity index (χ4n) is 3.73. The number of hydrogen-bond donors (Lipinski definition) is 7. The van der Waals surface area contributed by atoms with Gasteiger partial charge in [-0.05, 0) is 6.42 Å². The van der Waals surface area contributed by atoms with E-state index in [4.69, 9.17) is 9.47 Å². The molecule has 2 aliphatic carbocycles. The van der Waals surface area contributed by atoms with Crippen LogP contribution in [0.25, 0.3) is 0 Å². The molecule has 0 radical (unpaired) electrons. The minimum atomic E-state index is -1.58. The van der Waals surface area contributed by atoms with Crippen LogP contribution in [0.2, 0.25) is 0 Å². The maximum absolute atomic E-state index is 11.5. The van der Waals surface area contributed by atoms with Gasteiger partial charge in [-0.3, -0.25) is 4.79 Å². The van der Waals surface area contributed by atoms with E-state index in [9.17, 15) is 40.5 Å². The molecule has 1 aliphatic heterocycles. The zero-order valence-electron chi connectivity index (χ0n) is 12.6. The summed E-state index contributed by atoms with van der Waals surface area (Å²) in [5.74, 6) is -3.28. The molecular weight excluding hydrogens is 328 g/mol. The maximum atomic E-state index is 11.5. The Kier molecular flexibility index (Phi) is 4.84. The van der Waals surface area contributed by atoms with Crippen molar-refractivity contribution in [2.45, 2.75) is 61.4 Å². The van der Waals surface area contributed by atoms with Crippen molar-refractivity contribution < 1.29 is 50.0 Å². The number of hydrogen-bond acceptors (Lipinski definition) is 9. The second-order valence-corrected chi connectivity index (χ2v) is 6.70. The third-order valence-corrected chi connectivity index (χ3v) is 5.24. The van der Waals surface area contributed by atoms with Crippen LogP contribution in [0.1, 0.15) is 6.42 Å². The van der Waals surface area contributed by atoms with Gasteiger partial charge >= 0.3 is 5.97 Å². The van der Waals surface area contributed by atoms with E-state index in [1.165, 1.54) is 0 Å². The van der Waals surface area contributed by atoms with Crippen molar-refractivity contribution in [3.05, 3.63) is 0 Å². The molecule has 1 heterocycles. The molecule has 0 amide bonds. The van der Waals surface area contributed by atoms with Crippen LogP contribution in [-0.4, -0.2) is 103 Å². The van der Waals surface area contributed by atoms with E-state index in [-0.39, 0.29) is 6.42 Å². The first-order chi connectivity index (χ1) is 11.3. The average molecular weight is 350 g/mol. The molecule has 0 aromatic carbocycles. The average Bonchev–Trinajstić information content (AvgIpc) is 3.32. The SMILES string of the molecule is O=C(O)C1C(OC2CC(CO)C(O)C(O)C2O)C(O)C(O)C2OC21. The van der Waals surface area contributed by atoms with Crippen molar-refractivity contribution in [1.29, 1.82) is 0 Å². The summed E-state index contributed by atoms with van der Waals surface area (Å²) in [4.78, 5) is 11.5. The largest absolute Gasteiger partial charge is 0.481 e. The monoisotopic (exact) mass is 350 g/mol. The van der Waals surface area contributed by atoms with E-state index in [0.717, 1.165) is 0 Å². The standard InChI is InChI=1S/C14H22O10/c15-2-3-1-4(7(17)8(18)6(3)16)23-11-5(14(21)22)12-13(24-12)10(20)9(11)19/h3-13,15-20H,1-2H2,(H,21,22). The minimum absolute atomic E-state index is 0.0451. The van der Waals surface area contributed by atoms with Gasteiger partial charge in [0.1, 0.15) is 48.6 Å². The van der Waals surface area contributed by atoms with Crippen molar-refractivity contribution in [3.8, 4) is 0 Å². The summed E-state index contributed by atoms with van der Waals surface area (Å²) in [6.45, 7) is -0.461. The van der Waals surface area contributed by atoms with Crippen molar-refractivity contribution in [1.82, 2.24) is 0 Å². The number of fused-ring (bicyclic) bond motifs is 1. The lowest BCUT2D eigenvalue weighted by molar-refractivity contribution is -0.222. The molecule has 10 nitrogen and oxygen atoms in total. The zero-order chi connectivity index (χ0) is 17.8. The van der Waals surface area contributed by atoms with Crippen LogP contribution in [0.15, 0.2) is 0 Å². The Balaban J connectivity index is 1.78. The molecule has 3 rings (SSSR count). The lowest BCUT2D eigenvalue weighted by Gasteiger charge is -2.43. The molecule has 138 valence electrons. The molecule has 2 saturated carbocycles. The van der Waals surface area contributed by atoms with Crippen LogP contribution in [0.4, 0.5) is 0 Å². The highest BCUT2D eigenvalue weighted by Crippen LogP contribution is 2.43. The molecule has 0 bridgehead atoms. The molecule has 10 heteroatoms. The fraction of sp³-hybridized carbons (Fsp3) is 0.929. The number of aliphatic carboxylic acids is 1. The maximum Gasteiger partial charge on any atom is 0.312 e. The van der Waals surface area contributed by atoms with Crippen LogP contribution in [0.3, 0.4) is 0 Å². The van der Waals surface area contributed by atoms with E-state index in [1.807, 2.05) is 0 Å². The Morgan fingerprint density at radius 2 is 1.62 bits per heavy atom. The predicted octanol–water partition coefficient (Wildman–Crippen LogP) is -3.96. The number of aliphatic hydroxyl groups excluding tert-OH is 6. The normalized spacial score (nSPS) is 54.2. The van der Waals surface area contributed by atoms with Crippen LogP contribution >= 0.6 is 0 Å². The van der Waals surface area contributed by atoms with Gasteiger partial charge in [0.05, 0.1) is 12.2 Å². The van der Waals surface area contributed by atoms with Gasteiger partial charge in [0, 0.05) is 12.5 Å². The number of carboxylic acids is 1. The molecule has 0 aromatic rings. The summed E-state index contributed by atoms with van der Waals surface area (Å²) < 4.78 is 10.6. The first kappa shape index (κ1) is 18.0. The third-order valence-electron chi connectivity index (χ3n) is 5.24. The Hall–Kier alpha value is -0.850. The molecule has 24 heavy (non-hydrogen) atoms. The minimum Gasteiger partial charge on any atom is -0.481 e. The van der Waals surface area contributed by atoms with Crippen LogP contribution in [0, 0.1) is 11.8 Å². The Morgan fingerprint density at radius 1 is 0.958 bits per heavy atom. The highest BCUT2D eigenvalue weighted by atomic mass is 16.6.